The van der Waals surface area contributed by atoms with Crippen molar-refractivity contribution in [2.24, 2.45) is 0 Å². The minimum absolute atomic E-state index is 0.0404. The van der Waals surface area contributed by atoms with E-state index in [4.69, 9.17) is 0 Å². The van der Waals surface area contributed by atoms with E-state index in [-0.39, 0.29) is 6.42 Å². The number of ether oxygens (including phenoxy) is 1. The molecule has 14 heavy (non-hydrogen) atoms. The molecule has 1 unspecified atom stereocenters. The zero-order chi connectivity index (χ0) is 10.6. The highest BCUT2D eigenvalue weighted by Gasteiger charge is 2.12. The molecule has 0 aliphatic rings. The fourth-order valence-electron chi connectivity index (χ4n) is 1.04. The Hall–Kier alpha value is -1.42. The number of rotatable bonds is 3. The fourth-order valence-corrected chi connectivity index (χ4v) is 1.04. The SMILES string of the molecule is COC(=O)CC(O)c1ccc(C)nc1. The van der Waals surface area contributed by atoms with E-state index in [0.29, 0.717) is 5.56 Å². The van der Waals surface area contributed by atoms with Crippen molar-refractivity contribution in [3.05, 3.63) is 29.6 Å². The lowest BCUT2D eigenvalue weighted by Gasteiger charge is -2.08. The van der Waals surface area contributed by atoms with Crippen molar-refractivity contribution in [1.82, 2.24) is 4.98 Å². The number of aromatic nitrogens is 1. The first kappa shape index (κ1) is 10.7. The molecule has 1 rings (SSSR count). The summed E-state index contributed by atoms with van der Waals surface area (Å²) in [5.74, 6) is -0.432. The van der Waals surface area contributed by atoms with Crippen molar-refractivity contribution in [3.8, 4) is 0 Å². The van der Waals surface area contributed by atoms with Gasteiger partial charge in [0.15, 0.2) is 0 Å². The molecule has 1 aromatic heterocycles. The standard InChI is InChI=1S/C10H13NO3/c1-7-3-4-8(6-11-7)9(12)5-10(13)14-2/h3-4,6,9,12H,5H2,1-2H3. The van der Waals surface area contributed by atoms with Crippen LogP contribution in [0, 0.1) is 6.92 Å². The van der Waals surface area contributed by atoms with Crippen LogP contribution in [0.1, 0.15) is 23.8 Å². The minimum atomic E-state index is -0.837. The number of carbonyl (C=O) groups excluding carboxylic acids is 1. The summed E-state index contributed by atoms with van der Waals surface area (Å²) in [6.07, 6.45) is 0.681. The molecule has 1 atom stereocenters. The third-order valence-electron chi connectivity index (χ3n) is 1.91. The maximum Gasteiger partial charge on any atom is 0.308 e. The van der Waals surface area contributed by atoms with Crippen LogP contribution in [0.15, 0.2) is 18.3 Å². The third-order valence-corrected chi connectivity index (χ3v) is 1.91. The quantitative estimate of drug-likeness (QED) is 0.730. The molecule has 0 amide bonds. The van der Waals surface area contributed by atoms with Crippen molar-refractivity contribution >= 4 is 5.97 Å². The molecule has 0 bridgehead atoms. The number of hydrogen-bond donors (Lipinski definition) is 1. The van der Waals surface area contributed by atoms with Crippen LogP contribution < -0.4 is 0 Å². The van der Waals surface area contributed by atoms with Crippen LogP contribution in [0.4, 0.5) is 0 Å². The number of hydrogen-bond acceptors (Lipinski definition) is 4. The summed E-state index contributed by atoms with van der Waals surface area (Å²) < 4.78 is 4.45. The molecule has 0 aliphatic heterocycles. The Morgan fingerprint density at radius 2 is 2.36 bits per heavy atom. The van der Waals surface area contributed by atoms with Crippen molar-refractivity contribution in [1.29, 1.82) is 0 Å². The molecule has 1 aromatic rings. The number of esters is 1. The van der Waals surface area contributed by atoms with Crippen LogP contribution in [0.3, 0.4) is 0 Å². The normalized spacial score (nSPS) is 12.2. The van der Waals surface area contributed by atoms with Crippen LogP contribution in [0.2, 0.25) is 0 Å². The number of aryl methyl sites for hydroxylation is 1. The number of aliphatic hydroxyl groups is 1. The van der Waals surface area contributed by atoms with Crippen LogP contribution in [0.25, 0.3) is 0 Å². The van der Waals surface area contributed by atoms with Gasteiger partial charge in [0.05, 0.1) is 19.6 Å². The lowest BCUT2D eigenvalue weighted by Crippen LogP contribution is -2.08. The van der Waals surface area contributed by atoms with Gasteiger partial charge in [-0.15, -0.1) is 0 Å². The van der Waals surface area contributed by atoms with E-state index in [9.17, 15) is 9.90 Å². The number of pyridine rings is 1. The Kier molecular flexibility index (Phi) is 3.59. The van der Waals surface area contributed by atoms with Crippen LogP contribution >= 0.6 is 0 Å². The van der Waals surface area contributed by atoms with E-state index in [1.807, 2.05) is 6.92 Å². The van der Waals surface area contributed by atoms with Gasteiger partial charge < -0.3 is 9.84 Å². The van der Waals surface area contributed by atoms with E-state index in [2.05, 4.69) is 9.72 Å². The monoisotopic (exact) mass is 195 g/mol. The molecule has 0 spiro atoms. The van der Waals surface area contributed by atoms with Gasteiger partial charge >= 0.3 is 5.97 Å². The average molecular weight is 195 g/mol. The third kappa shape index (κ3) is 2.81. The average Bonchev–Trinajstić information content (AvgIpc) is 2.18. The molecular formula is C10H13NO3. The predicted octanol–water partition coefficient (Wildman–Crippen LogP) is 0.987. The lowest BCUT2D eigenvalue weighted by atomic mass is 10.1. The first-order chi connectivity index (χ1) is 6.63. The van der Waals surface area contributed by atoms with E-state index in [1.165, 1.54) is 7.11 Å². The first-order valence-electron chi connectivity index (χ1n) is 4.31. The summed E-state index contributed by atoms with van der Waals surface area (Å²) in [5, 5.41) is 9.57. The second-order valence-corrected chi connectivity index (χ2v) is 3.03. The van der Waals surface area contributed by atoms with Gasteiger partial charge in [0.25, 0.3) is 0 Å². The van der Waals surface area contributed by atoms with Gasteiger partial charge in [-0.2, -0.15) is 0 Å². The van der Waals surface area contributed by atoms with Gasteiger partial charge in [-0.1, -0.05) is 6.07 Å². The Labute approximate surface area is 82.5 Å². The fraction of sp³-hybridized carbons (Fsp3) is 0.400. The van der Waals surface area contributed by atoms with Crippen LogP contribution in [0.5, 0.6) is 0 Å². The molecule has 1 heterocycles. The van der Waals surface area contributed by atoms with Gasteiger partial charge in [0.2, 0.25) is 0 Å². The van der Waals surface area contributed by atoms with E-state index in [1.54, 1.807) is 18.3 Å². The number of aliphatic hydroxyl groups excluding tert-OH is 1. The Morgan fingerprint density at radius 3 is 2.86 bits per heavy atom. The highest BCUT2D eigenvalue weighted by Crippen LogP contribution is 2.15. The molecule has 4 nitrogen and oxygen atoms in total. The molecule has 0 aliphatic carbocycles. The Morgan fingerprint density at radius 1 is 1.64 bits per heavy atom. The summed E-state index contributed by atoms with van der Waals surface area (Å²) in [5.41, 5.74) is 1.50. The Bertz CT molecular complexity index is 308. The van der Waals surface area contributed by atoms with E-state index >= 15 is 0 Å². The zero-order valence-corrected chi connectivity index (χ0v) is 8.23. The molecule has 0 aromatic carbocycles. The summed E-state index contributed by atoms with van der Waals surface area (Å²) in [7, 11) is 1.29. The molecule has 0 fully saturated rings. The Balaban J connectivity index is 2.65. The van der Waals surface area contributed by atoms with Gasteiger partial charge in [0, 0.05) is 11.9 Å². The molecular weight excluding hydrogens is 182 g/mol. The topological polar surface area (TPSA) is 59.4 Å². The summed E-state index contributed by atoms with van der Waals surface area (Å²) in [6, 6.07) is 3.53. The molecule has 0 saturated heterocycles. The minimum Gasteiger partial charge on any atom is -0.469 e. The number of nitrogens with zero attached hydrogens (tertiary/aromatic N) is 1. The zero-order valence-electron chi connectivity index (χ0n) is 8.23. The van der Waals surface area contributed by atoms with Gasteiger partial charge in [-0.3, -0.25) is 9.78 Å². The maximum absolute atomic E-state index is 10.9. The molecule has 4 heteroatoms. The van der Waals surface area contributed by atoms with E-state index < -0.39 is 12.1 Å². The summed E-state index contributed by atoms with van der Waals surface area (Å²) in [6.45, 7) is 1.86. The molecule has 0 saturated carbocycles. The lowest BCUT2D eigenvalue weighted by molar-refractivity contribution is -0.142. The van der Waals surface area contributed by atoms with Crippen LogP contribution in [-0.2, 0) is 9.53 Å². The maximum atomic E-state index is 10.9. The molecule has 1 N–H and O–H groups in total. The highest BCUT2D eigenvalue weighted by molar-refractivity contribution is 5.70. The van der Waals surface area contributed by atoms with Crippen molar-refractivity contribution < 1.29 is 14.6 Å². The van der Waals surface area contributed by atoms with Gasteiger partial charge in [-0.05, 0) is 18.6 Å². The molecule has 76 valence electrons. The van der Waals surface area contributed by atoms with E-state index in [0.717, 1.165) is 5.69 Å². The van der Waals surface area contributed by atoms with Crippen molar-refractivity contribution in [2.45, 2.75) is 19.4 Å². The molecule has 0 radical (unpaired) electrons. The van der Waals surface area contributed by atoms with Crippen molar-refractivity contribution in [3.63, 3.8) is 0 Å². The smallest absolute Gasteiger partial charge is 0.308 e. The van der Waals surface area contributed by atoms with Crippen LogP contribution in [-0.4, -0.2) is 23.2 Å². The summed E-state index contributed by atoms with van der Waals surface area (Å²) in [4.78, 5) is 14.9. The second kappa shape index (κ2) is 4.72. The number of carbonyl (C=O) groups is 1. The highest BCUT2D eigenvalue weighted by atomic mass is 16.5. The van der Waals surface area contributed by atoms with Gasteiger partial charge in [0.1, 0.15) is 0 Å². The number of methoxy groups -OCH3 is 1. The second-order valence-electron chi connectivity index (χ2n) is 3.03. The largest absolute Gasteiger partial charge is 0.469 e. The first-order valence-corrected chi connectivity index (χ1v) is 4.31. The van der Waals surface area contributed by atoms with Crippen molar-refractivity contribution in [2.75, 3.05) is 7.11 Å². The van der Waals surface area contributed by atoms with Gasteiger partial charge in [-0.25, -0.2) is 0 Å². The predicted molar refractivity (Wildman–Crippen MR) is 50.6 cm³/mol. The summed E-state index contributed by atoms with van der Waals surface area (Å²) >= 11 is 0.